The number of ether oxygens (including phenoxy) is 1. The standard InChI is InChI=1S/C23H27N3O4/c1-15(27)24-19-12-18(13-20(14-19)25-16(2)28)23(29)26-9-5-7-21(26)10-17-6-4-8-22(11-17)30-3/h4,6,8,11-14,21H,5,7,9-10H2,1-3H3,(H,24,27)(H,25,28). The average molecular weight is 409 g/mol. The minimum atomic E-state index is -0.245. The molecule has 2 aromatic rings. The SMILES string of the molecule is COc1cccc(CC2CCCN2C(=O)c2cc(NC(C)=O)cc(NC(C)=O)c2)c1. The molecule has 1 heterocycles. The second kappa shape index (κ2) is 9.43. The van der Waals surface area contributed by atoms with E-state index in [2.05, 4.69) is 10.6 Å². The zero-order chi connectivity index (χ0) is 21.7. The van der Waals surface area contributed by atoms with Crippen LogP contribution >= 0.6 is 0 Å². The normalized spacial score (nSPS) is 15.6. The van der Waals surface area contributed by atoms with Gasteiger partial charge in [0.05, 0.1) is 7.11 Å². The van der Waals surface area contributed by atoms with Crippen molar-refractivity contribution in [3.05, 3.63) is 53.6 Å². The fourth-order valence-corrected chi connectivity index (χ4v) is 3.85. The highest BCUT2D eigenvalue weighted by molar-refractivity contribution is 6.00. The van der Waals surface area contributed by atoms with Gasteiger partial charge in [0, 0.05) is 43.4 Å². The Hall–Kier alpha value is -3.35. The monoisotopic (exact) mass is 409 g/mol. The predicted octanol–water partition coefficient (Wildman–Crippen LogP) is 3.46. The Labute approximate surface area is 176 Å². The third-order valence-electron chi connectivity index (χ3n) is 5.06. The van der Waals surface area contributed by atoms with E-state index in [9.17, 15) is 14.4 Å². The van der Waals surface area contributed by atoms with Crippen molar-refractivity contribution in [1.82, 2.24) is 4.90 Å². The largest absolute Gasteiger partial charge is 0.497 e. The van der Waals surface area contributed by atoms with Crippen molar-refractivity contribution in [2.45, 2.75) is 39.2 Å². The lowest BCUT2D eigenvalue weighted by Gasteiger charge is -2.25. The molecule has 1 unspecified atom stereocenters. The molecule has 1 saturated heterocycles. The summed E-state index contributed by atoms with van der Waals surface area (Å²) < 4.78 is 5.30. The lowest BCUT2D eigenvalue weighted by molar-refractivity contribution is -0.115. The Morgan fingerprint density at radius 1 is 1.03 bits per heavy atom. The van der Waals surface area contributed by atoms with Crippen LogP contribution in [0, 0.1) is 0 Å². The van der Waals surface area contributed by atoms with E-state index in [1.54, 1.807) is 25.3 Å². The summed E-state index contributed by atoms with van der Waals surface area (Å²) in [6.45, 7) is 3.47. The Bertz CT molecular complexity index is 923. The first-order valence-corrected chi connectivity index (χ1v) is 10.00. The van der Waals surface area contributed by atoms with Crippen molar-refractivity contribution >= 4 is 29.1 Å². The third kappa shape index (κ3) is 5.37. The number of hydrogen-bond acceptors (Lipinski definition) is 4. The average Bonchev–Trinajstić information content (AvgIpc) is 3.14. The number of rotatable bonds is 6. The van der Waals surface area contributed by atoms with Crippen LogP contribution in [0.5, 0.6) is 5.75 Å². The van der Waals surface area contributed by atoms with Gasteiger partial charge in [0.2, 0.25) is 11.8 Å². The molecule has 30 heavy (non-hydrogen) atoms. The summed E-state index contributed by atoms with van der Waals surface area (Å²) in [5, 5.41) is 5.39. The molecule has 0 spiro atoms. The van der Waals surface area contributed by atoms with Gasteiger partial charge in [-0.15, -0.1) is 0 Å². The molecule has 7 heteroatoms. The first-order chi connectivity index (χ1) is 14.4. The number of amides is 3. The maximum absolute atomic E-state index is 13.3. The molecule has 0 aromatic heterocycles. The summed E-state index contributed by atoms with van der Waals surface area (Å²) >= 11 is 0. The summed E-state index contributed by atoms with van der Waals surface area (Å²) in [4.78, 5) is 38.2. The van der Waals surface area contributed by atoms with Gasteiger partial charge in [0.15, 0.2) is 0 Å². The number of methoxy groups -OCH3 is 1. The Morgan fingerprint density at radius 3 is 2.30 bits per heavy atom. The summed E-state index contributed by atoms with van der Waals surface area (Å²) in [5.41, 5.74) is 2.49. The fourth-order valence-electron chi connectivity index (χ4n) is 3.85. The third-order valence-corrected chi connectivity index (χ3v) is 5.06. The van der Waals surface area contributed by atoms with Gasteiger partial charge in [0.25, 0.3) is 5.91 Å². The van der Waals surface area contributed by atoms with Gasteiger partial charge in [0.1, 0.15) is 5.75 Å². The summed E-state index contributed by atoms with van der Waals surface area (Å²) in [6, 6.07) is 12.9. The molecule has 7 nitrogen and oxygen atoms in total. The Morgan fingerprint density at radius 2 is 1.70 bits per heavy atom. The fraction of sp³-hybridized carbons (Fsp3) is 0.348. The topological polar surface area (TPSA) is 87.7 Å². The number of nitrogens with one attached hydrogen (secondary N) is 2. The summed E-state index contributed by atoms with van der Waals surface area (Å²) in [7, 11) is 1.64. The number of benzene rings is 2. The van der Waals surface area contributed by atoms with E-state index in [0.717, 1.165) is 30.6 Å². The van der Waals surface area contributed by atoms with E-state index in [0.29, 0.717) is 23.5 Å². The van der Waals surface area contributed by atoms with E-state index in [4.69, 9.17) is 4.74 Å². The quantitative estimate of drug-likeness (QED) is 0.765. The van der Waals surface area contributed by atoms with E-state index in [1.807, 2.05) is 29.2 Å². The molecular formula is C23H27N3O4. The Balaban J connectivity index is 1.84. The van der Waals surface area contributed by atoms with E-state index in [1.165, 1.54) is 13.8 Å². The second-order valence-electron chi connectivity index (χ2n) is 7.51. The number of anilines is 2. The second-order valence-corrected chi connectivity index (χ2v) is 7.51. The van der Waals surface area contributed by atoms with Crippen LogP contribution in [0.2, 0.25) is 0 Å². The first-order valence-electron chi connectivity index (χ1n) is 10.00. The smallest absolute Gasteiger partial charge is 0.254 e. The highest BCUT2D eigenvalue weighted by Gasteiger charge is 2.30. The van der Waals surface area contributed by atoms with Gasteiger partial charge in [-0.3, -0.25) is 14.4 Å². The summed E-state index contributed by atoms with van der Waals surface area (Å²) in [6.07, 6.45) is 2.60. The van der Waals surface area contributed by atoms with Gasteiger partial charge in [-0.05, 0) is 55.2 Å². The molecule has 3 rings (SSSR count). The molecule has 158 valence electrons. The van der Waals surface area contributed by atoms with Crippen molar-refractivity contribution in [2.24, 2.45) is 0 Å². The molecule has 1 fully saturated rings. The minimum Gasteiger partial charge on any atom is -0.497 e. The number of likely N-dealkylation sites (tertiary alicyclic amines) is 1. The molecule has 0 aliphatic carbocycles. The van der Waals surface area contributed by atoms with Gasteiger partial charge in [-0.2, -0.15) is 0 Å². The van der Waals surface area contributed by atoms with Crippen molar-refractivity contribution in [2.75, 3.05) is 24.3 Å². The van der Waals surface area contributed by atoms with E-state index in [-0.39, 0.29) is 23.8 Å². The van der Waals surface area contributed by atoms with E-state index >= 15 is 0 Å². The van der Waals surface area contributed by atoms with Crippen LogP contribution in [0.1, 0.15) is 42.6 Å². The zero-order valence-electron chi connectivity index (χ0n) is 17.5. The first kappa shape index (κ1) is 21.4. The Kier molecular flexibility index (Phi) is 6.72. The van der Waals surface area contributed by atoms with Gasteiger partial charge >= 0.3 is 0 Å². The van der Waals surface area contributed by atoms with Crippen molar-refractivity contribution in [3.8, 4) is 5.75 Å². The molecule has 3 amide bonds. The minimum absolute atomic E-state index is 0.0817. The highest BCUT2D eigenvalue weighted by Crippen LogP contribution is 2.27. The van der Waals surface area contributed by atoms with Crippen molar-refractivity contribution in [3.63, 3.8) is 0 Å². The number of nitrogens with zero attached hydrogens (tertiary/aromatic N) is 1. The van der Waals surface area contributed by atoms with Crippen LogP contribution in [0.25, 0.3) is 0 Å². The van der Waals surface area contributed by atoms with Crippen LogP contribution < -0.4 is 15.4 Å². The molecule has 2 N–H and O–H groups in total. The summed E-state index contributed by atoms with van der Waals surface area (Å²) in [5.74, 6) is 0.196. The van der Waals surface area contributed by atoms with Crippen molar-refractivity contribution < 1.29 is 19.1 Å². The molecule has 0 radical (unpaired) electrons. The van der Waals surface area contributed by atoms with Crippen molar-refractivity contribution in [1.29, 1.82) is 0 Å². The lowest BCUT2D eigenvalue weighted by Crippen LogP contribution is -2.37. The van der Waals surface area contributed by atoms with Crippen LogP contribution in [0.3, 0.4) is 0 Å². The number of carbonyl (C=O) groups excluding carboxylic acids is 3. The van der Waals surface area contributed by atoms with Gasteiger partial charge in [-0.1, -0.05) is 12.1 Å². The molecule has 0 bridgehead atoms. The van der Waals surface area contributed by atoms with Crippen LogP contribution in [0.4, 0.5) is 11.4 Å². The molecule has 1 aliphatic rings. The molecule has 0 saturated carbocycles. The van der Waals surface area contributed by atoms with Gasteiger partial charge in [-0.25, -0.2) is 0 Å². The number of hydrogen-bond donors (Lipinski definition) is 2. The lowest BCUT2D eigenvalue weighted by atomic mass is 10.0. The number of carbonyl (C=O) groups is 3. The molecule has 1 aliphatic heterocycles. The van der Waals surface area contributed by atoms with Crippen LogP contribution in [-0.2, 0) is 16.0 Å². The zero-order valence-corrected chi connectivity index (χ0v) is 17.5. The predicted molar refractivity (Wildman–Crippen MR) is 116 cm³/mol. The molecule has 1 atom stereocenters. The van der Waals surface area contributed by atoms with Crippen LogP contribution in [0.15, 0.2) is 42.5 Å². The van der Waals surface area contributed by atoms with E-state index < -0.39 is 0 Å². The maximum Gasteiger partial charge on any atom is 0.254 e. The molecular weight excluding hydrogens is 382 g/mol. The van der Waals surface area contributed by atoms with Gasteiger partial charge < -0.3 is 20.3 Å². The maximum atomic E-state index is 13.3. The molecule has 2 aromatic carbocycles. The van der Waals surface area contributed by atoms with Crippen LogP contribution in [-0.4, -0.2) is 42.3 Å². The highest BCUT2D eigenvalue weighted by atomic mass is 16.5.